The second-order valence-corrected chi connectivity index (χ2v) is 7.51. The van der Waals surface area contributed by atoms with E-state index < -0.39 is 5.72 Å². The Morgan fingerprint density at radius 2 is 1.67 bits per heavy atom. The number of carbonyl (C=O) groups is 1. The van der Waals surface area contributed by atoms with Crippen LogP contribution < -0.4 is 10.6 Å². The maximum Gasteiger partial charge on any atom is 0.251 e. The van der Waals surface area contributed by atoms with E-state index in [9.17, 15) is 4.79 Å². The molecule has 0 aromatic carbocycles. The van der Waals surface area contributed by atoms with E-state index in [0.717, 1.165) is 12.8 Å². The van der Waals surface area contributed by atoms with Crippen LogP contribution in [0.4, 0.5) is 0 Å². The molecule has 0 radical (unpaired) electrons. The molecule has 18 heavy (non-hydrogen) atoms. The van der Waals surface area contributed by atoms with E-state index in [-0.39, 0.29) is 29.0 Å². The molecule has 0 aromatic heterocycles. The van der Waals surface area contributed by atoms with Crippen LogP contribution in [0, 0.1) is 5.92 Å². The summed E-state index contributed by atoms with van der Waals surface area (Å²) in [6.45, 7) is 12.7. The fourth-order valence-electron chi connectivity index (χ4n) is 3.73. The topological polar surface area (TPSA) is 50.4 Å². The molecule has 0 aromatic rings. The van der Waals surface area contributed by atoms with Crippen LogP contribution in [0.3, 0.4) is 0 Å². The first kappa shape index (κ1) is 13.8. The Kier molecular flexibility index (Phi) is 3.02. The van der Waals surface area contributed by atoms with Crippen molar-refractivity contribution in [3.63, 3.8) is 0 Å². The van der Waals surface area contributed by atoms with Crippen LogP contribution in [0.25, 0.3) is 0 Å². The molecule has 0 bridgehead atoms. The summed E-state index contributed by atoms with van der Waals surface area (Å²) in [6.07, 6.45) is 1.30. The summed E-state index contributed by atoms with van der Waals surface area (Å²) < 4.78 is 6.13. The fraction of sp³-hybridized carbons (Fsp3) is 0.929. The number of carbonyl (C=O) groups excluding carboxylic acids is 1. The summed E-state index contributed by atoms with van der Waals surface area (Å²) in [5, 5.41) is 6.72. The molecule has 0 saturated carbocycles. The van der Waals surface area contributed by atoms with Crippen molar-refractivity contribution in [3.8, 4) is 0 Å². The summed E-state index contributed by atoms with van der Waals surface area (Å²) in [4.78, 5) is 12.1. The third kappa shape index (κ3) is 2.54. The number of rotatable bonds is 1. The molecular weight excluding hydrogens is 228 g/mol. The number of amides is 1. The van der Waals surface area contributed by atoms with Crippen molar-refractivity contribution >= 4 is 5.91 Å². The van der Waals surface area contributed by atoms with Crippen LogP contribution in [0.2, 0.25) is 0 Å². The van der Waals surface area contributed by atoms with Crippen LogP contribution in [0.5, 0.6) is 0 Å². The fourth-order valence-corrected chi connectivity index (χ4v) is 3.73. The largest absolute Gasteiger partial charge is 0.342 e. The lowest BCUT2D eigenvalue weighted by Gasteiger charge is -2.50. The number of ether oxygens (including phenoxy) is 1. The van der Waals surface area contributed by atoms with Crippen LogP contribution in [0.1, 0.15) is 54.4 Å². The minimum absolute atomic E-state index is 0.0403. The highest BCUT2D eigenvalue weighted by Crippen LogP contribution is 2.40. The molecule has 1 unspecified atom stereocenters. The second-order valence-electron chi connectivity index (χ2n) is 7.51. The van der Waals surface area contributed by atoms with Crippen molar-refractivity contribution in [1.29, 1.82) is 0 Å². The van der Waals surface area contributed by atoms with Gasteiger partial charge in [0.15, 0.2) is 0 Å². The molecule has 4 nitrogen and oxygen atoms in total. The average Bonchev–Trinajstić information content (AvgIpc) is 2.35. The molecule has 104 valence electrons. The molecule has 2 fully saturated rings. The van der Waals surface area contributed by atoms with Crippen molar-refractivity contribution in [2.24, 2.45) is 5.92 Å². The Hall–Kier alpha value is -0.610. The predicted molar refractivity (Wildman–Crippen MR) is 71.1 cm³/mol. The third-order valence-corrected chi connectivity index (χ3v) is 3.70. The molecule has 2 aliphatic rings. The van der Waals surface area contributed by atoms with Crippen molar-refractivity contribution in [3.05, 3.63) is 0 Å². The second kappa shape index (κ2) is 3.94. The predicted octanol–water partition coefficient (Wildman–Crippen LogP) is 1.79. The number of hydrogen-bond acceptors (Lipinski definition) is 3. The summed E-state index contributed by atoms with van der Waals surface area (Å²) in [6, 6.07) is 0. The van der Waals surface area contributed by atoms with E-state index >= 15 is 0 Å². The first-order valence-corrected chi connectivity index (χ1v) is 6.83. The lowest BCUT2D eigenvalue weighted by Crippen LogP contribution is -2.66. The molecule has 2 heterocycles. The maximum absolute atomic E-state index is 12.1. The molecule has 1 atom stereocenters. The first-order chi connectivity index (χ1) is 8.04. The van der Waals surface area contributed by atoms with Crippen LogP contribution >= 0.6 is 0 Å². The molecule has 2 aliphatic heterocycles. The molecular formula is C14H26N2O2. The van der Waals surface area contributed by atoms with Crippen molar-refractivity contribution in [2.45, 2.75) is 77.3 Å². The first-order valence-electron chi connectivity index (χ1n) is 6.83. The highest BCUT2D eigenvalue weighted by Gasteiger charge is 2.54. The highest BCUT2D eigenvalue weighted by atomic mass is 16.5. The molecule has 0 aliphatic carbocycles. The van der Waals surface area contributed by atoms with Gasteiger partial charge in [-0.1, -0.05) is 13.8 Å². The molecule has 1 spiro atoms. The standard InChI is InChI=1S/C14H26N2O2/c1-9(2)10-11(17)15-14(18-10)7-12(3,4)16-13(5,6)8-14/h9-10,16H,7-8H2,1-6H3,(H,15,17). The van der Waals surface area contributed by atoms with Gasteiger partial charge in [-0.25, -0.2) is 0 Å². The summed E-state index contributed by atoms with van der Waals surface area (Å²) >= 11 is 0. The SMILES string of the molecule is CC(C)C1OC2(CC(C)(C)NC(C)(C)C2)NC1=O. The van der Waals surface area contributed by atoms with Crippen molar-refractivity contribution < 1.29 is 9.53 Å². The van der Waals surface area contributed by atoms with E-state index in [1.54, 1.807) is 0 Å². The van der Waals surface area contributed by atoms with Gasteiger partial charge in [0.05, 0.1) is 0 Å². The average molecular weight is 254 g/mol. The van der Waals surface area contributed by atoms with E-state index in [0.29, 0.717) is 0 Å². The molecule has 2 N–H and O–H groups in total. The molecule has 1 amide bonds. The van der Waals surface area contributed by atoms with E-state index in [1.165, 1.54) is 0 Å². The van der Waals surface area contributed by atoms with Gasteiger partial charge in [-0.2, -0.15) is 0 Å². The molecule has 4 heteroatoms. The molecule has 2 rings (SSSR count). The monoisotopic (exact) mass is 254 g/mol. The number of hydrogen-bond donors (Lipinski definition) is 2. The van der Waals surface area contributed by atoms with E-state index in [2.05, 4.69) is 38.3 Å². The van der Waals surface area contributed by atoms with E-state index in [1.807, 2.05) is 13.8 Å². The number of nitrogens with one attached hydrogen (secondary N) is 2. The highest BCUT2D eigenvalue weighted by molar-refractivity contribution is 5.83. The zero-order valence-corrected chi connectivity index (χ0v) is 12.4. The third-order valence-electron chi connectivity index (χ3n) is 3.70. The number of piperidine rings is 1. The minimum Gasteiger partial charge on any atom is -0.342 e. The maximum atomic E-state index is 12.1. The van der Waals surface area contributed by atoms with Gasteiger partial charge in [0.1, 0.15) is 11.8 Å². The van der Waals surface area contributed by atoms with Gasteiger partial charge in [-0.3, -0.25) is 4.79 Å². The van der Waals surface area contributed by atoms with Gasteiger partial charge < -0.3 is 15.4 Å². The van der Waals surface area contributed by atoms with Crippen molar-refractivity contribution in [2.75, 3.05) is 0 Å². The smallest absolute Gasteiger partial charge is 0.251 e. The normalized spacial score (nSPS) is 32.8. The van der Waals surface area contributed by atoms with Gasteiger partial charge >= 0.3 is 0 Å². The lowest BCUT2D eigenvalue weighted by atomic mass is 9.77. The van der Waals surface area contributed by atoms with Gasteiger partial charge in [0.25, 0.3) is 5.91 Å². The summed E-state index contributed by atoms with van der Waals surface area (Å²) in [5.41, 5.74) is -0.577. The van der Waals surface area contributed by atoms with Crippen molar-refractivity contribution in [1.82, 2.24) is 10.6 Å². The van der Waals surface area contributed by atoms with Crippen LogP contribution in [-0.4, -0.2) is 28.8 Å². The Labute approximate surface area is 110 Å². The zero-order valence-electron chi connectivity index (χ0n) is 12.4. The summed E-state index contributed by atoms with van der Waals surface area (Å²) in [5.74, 6) is 0.254. The molecule has 2 saturated heterocycles. The minimum atomic E-state index is -0.496. The Balaban J connectivity index is 2.25. The van der Waals surface area contributed by atoms with Gasteiger partial charge in [0, 0.05) is 23.9 Å². The van der Waals surface area contributed by atoms with Gasteiger partial charge in [0.2, 0.25) is 0 Å². The van der Waals surface area contributed by atoms with Gasteiger partial charge in [-0.15, -0.1) is 0 Å². The van der Waals surface area contributed by atoms with Gasteiger partial charge in [-0.05, 0) is 33.6 Å². The summed E-state index contributed by atoms with van der Waals surface area (Å²) in [7, 11) is 0. The Morgan fingerprint density at radius 3 is 2.06 bits per heavy atom. The van der Waals surface area contributed by atoms with E-state index in [4.69, 9.17) is 4.74 Å². The Morgan fingerprint density at radius 1 is 1.17 bits per heavy atom. The lowest BCUT2D eigenvalue weighted by molar-refractivity contribution is -0.132. The van der Waals surface area contributed by atoms with Crippen LogP contribution in [0.15, 0.2) is 0 Å². The quantitative estimate of drug-likeness (QED) is 0.750. The zero-order chi connectivity index (χ0) is 13.8. The Bertz CT molecular complexity index is 345. The van der Waals surface area contributed by atoms with Crippen LogP contribution in [-0.2, 0) is 9.53 Å².